The number of aliphatic hydroxyl groups excluding tert-OH is 1. The molecule has 3 atom stereocenters. The Balaban J connectivity index is 2.33. The Morgan fingerprint density at radius 3 is 3.00 bits per heavy atom. The molecule has 0 spiro atoms. The maximum absolute atomic E-state index is 9.70. The van der Waals surface area contributed by atoms with Gasteiger partial charge in [-0.1, -0.05) is 6.92 Å². The predicted octanol–water partition coefficient (Wildman–Crippen LogP) is -0.0599. The minimum absolute atomic E-state index is 0.391. The van der Waals surface area contributed by atoms with Gasteiger partial charge in [0.05, 0.1) is 19.3 Å². The van der Waals surface area contributed by atoms with Gasteiger partial charge in [-0.3, -0.25) is 0 Å². The number of ether oxygens (including phenoxy) is 2. The van der Waals surface area contributed by atoms with E-state index in [4.69, 9.17) is 9.47 Å². The molecule has 1 aliphatic rings. The van der Waals surface area contributed by atoms with Crippen molar-refractivity contribution in [1.82, 2.24) is 10.2 Å². The summed E-state index contributed by atoms with van der Waals surface area (Å²) in [5, 5.41) is 13.2. The zero-order chi connectivity index (χ0) is 13.4. The van der Waals surface area contributed by atoms with Crippen LogP contribution in [0, 0.1) is 5.92 Å². The molecule has 5 nitrogen and oxygen atoms in total. The van der Waals surface area contributed by atoms with Crippen LogP contribution >= 0.6 is 0 Å². The smallest absolute Gasteiger partial charge is 0.0899 e. The van der Waals surface area contributed by atoms with E-state index in [1.807, 2.05) is 7.05 Å². The van der Waals surface area contributed by atoms with E-state index in [2.05, 4.69) is 17.1 Å². The van der Waals surface area contributed by atoms with Crippen LogP contribution in [0.2, 0.25) is 0 Å². The van der Waals surface area contributed by atoms with Gasteiger partial charge >= 0.3 is 0 Å². The van der Waals surface area contributed by atoms with Gasteiger partial charge in [0.2, 0.25) is 0 Å². The zero-order valence-electron chi connectivity index (χ0n) is 11.9. The van der Waals surface area contributed by atoms with Crippen molar-refractivity contribution in [1.29, 1.82) is 0 Å². The van der Waals surface area contributed by atoms with Crippen molar-refractivity contribution in [3.63, 3.8) is 0 Å². The van der Waals surface area contributed by atoms with Crippen LogP contribution in [-0.2, 0) is 9.47 Å². The Kier molecular flexibility index (Phi) is 7.77. The van der Waals surface area contributed by atoms with Gasteiger partial charge < -0.3 is 24.8 Å². The summed E-state index contributed by atoms with van der Waals surface area (Å²) in [7, 11) is 3.65. The number of likely N-dealkylation sites (N-methyl/N-ethyl adjacent to an activating group) is 1. The van der Waals surface area contributed by atoms with Crippen molar-refractivity contribution in [2.45, 2.75) is 25.5 Å². The molecule has 0 aromatic carbocycles. The fourth-order valence-corrected chi connectivity index (χ4v) is 2.59. The molecule has 1 heterocycles. The molecular weight excluding hydrogens is 232 g/mol. The van der Waals surface area contributed by atoms with Crippen LogP contribution in [0.3, 0.4) is 0 Å². The summed E-state index contributed by atoms with van der Waals surface area (Å²) < 4.78 is 10.5. The average molecular weight is 260 g/mol. The van der Waals surface area contributed by atoms with Gasteiger partial charge in [0.25, 0.3) is 0 Å². The quantitative estimate of drug-likeness (QED) is 0.640. The first-order valence-corrected chi connectivity index (χ1v) is 6.84. The lowest BCUT2D eigenvalue weighted by atomic mass is 9.95. The van der Waals surface area contributed by atoms with Crippen LogP contribution in [0.25, 0.3) is 0 Å². The maximum Gasteiger partial charge on any atom is 0.0899 e. The molecule has 0 aromatic heterocycles. The molecular formula is C13H28N2O3. The SMILES string of the molecule is CCNC1CCOCC1CN(C)CC(O)COC. The molecule has 0 aromatic rings. The first-order chi connectivity index (χ1) is 8.67. The highest BCUT2D eigenvalue weighted by Gasteiger charge is 2.26. The summed E-state index contributed by atoms with van der Waals surface area (Å²) in [5.41, 5.74) is 0. The largest absolute Gasteiger partial charge is 0.389 e. The molecule has 18 heavy (non-hydrogen) atoms. The lowest BCUT2D eigenvalue weighted by Crippen LogP contribution is -2.48. The number of methoxy groups -OCH3 is 1. The van der Waals surface area contributed by atoms with Gasteiger partial charge in [0.15, 0.2) is 0 Å². The molecule has 0 amide bonds. The lowest BCUT2D eigenvalue weighted by Gasteiger charge is -2.35. The fraction of sp³-hybridized carbons (Fsp3) is 1.00. The van der Waals surface area contributed by atoms with Crippen molar-refractivity contribution in [2.24, 2.45) is 5.92 Å². The molecule has 0 radical (unpaired) electrons. The average Bonchev–Trinajstić information content (AvgIpc) is 2.32. The van der Waals surface area contributed by atoms with E-state index < -0.39 is 6.10 Å². The van der Waals surface area contributed by atoms with Crippen molar-refractivity contribution < 1.29 is 14.6 Å². The van der Waals surface area contributed by atoms with Crippen molar-refractivity contribution in [3.05, 3.63) is 0 Å². The Bertz CT molecular complexity index is 214. The standard InChI is InChI=1S/C13H28N2O3/c1-4-14-13-5-6-18-9-11(13)7-15(2)8-12(16)10-17-3/h11-14,16H,4-10H2,1-3H3. The van der Waals surface area contributed by atoms with Crippen molar-refractivity contribution in [3.8, 4) is 0 Å². The summed E-state index contributed by atoms with van der Waals surface area (Å²) in [5.74, 6) is 0.499. The molecule has 5 heteroatoms. The highest BCUT2D eigenvalue weighted by atomic mass is 16.5. The Hall–Kier alpha value is -0.200. The van der Waals surface area contributed by atoms with Crippen LogP contribution < -0.4 is 5.32 Å². The fourth-order valence-electron chi connectivity index (χ4n) is 2.59. The normalized spacial score (nSPS) is 26.5. The predicted molar refractivity (Wildman–Crippen MR) is 71.8 cm³/mol. The van der Waals surface area contributed by atoms with Crippen LogP contribution in [0.5, 0.6) is 0 Å². The van der Waals surface area contributed by atoms with Gasteiger partial charge in [-0.25, -0.2) is 0 Å². The third-order valence-electron chi connectivity index (χ3n) is 3.37. The number of hydrogen-bond acceptors (Lipinski definition) is 5. The van der Waals surface area contributed by atoms with E-state index >= 15 is 0 Å². The van der Waals surface area contributed by atoms with E-state index in [1.54, 1.807) is 7.11 Å². The van der Waals surface area contributed by atoms with E-state index in [0.717, 1.165) is 32.7 Å². The molecule has 1 saturated heterocycles. The van der Waals surface area contributed by atoms with Gasteiger partial charge in [-0.05, 0) is 20.0 Å². The molecule has 1 aliphatic heterocycles. The molecule has 2 N–H and O–H groups in total. The summed E-state index contributed by atoms with van der Waals surface area (Å²) in [6.07, 6.45) is 0.662. The second-order valence-corrected chi connectivity index (χ2v) is 5.12. The molecule has 3 unspecified atom stereocenters. The number of hydrogen-bond donors (Lipinski definition) is 2. The highest BCUT2D eigenvalue weighted by molar-refractivity contribution is 4.81. The third-order valence-corrected chi connectivity index (χ3v) is 3.37. The number of aliphatic hydroxyl groups is 1. The van der Waals surface area contributed by atoms with Crippen LogP contribution in [0.1, 0.15) is 13.3 Å². The first kappa shape index (κ1) is 15.9. The van der Waals surface area contributed by atoms with Gasteiger partial charge in [-0.15, -0.1) is 0 Å². The zero-order valence-corrected chi connectivity index (χ0v) is 11.9. The summed E-state index contributed by atoms with van der Waals surface area (Å²) in [4.78, 5) is 2.16. The minimum atomic E-state index is -0.415. The van der Waals surface area contributed by atoms with Crippen molar-refractivity contribution >= 4 is 0 Å². The van der Waals surface area contributed by atoms with E-state index in [0.29, 0.717) is 25.1 Å². The second-order valence-electron chi connectivity index (χ2n) is 5.12. The Labute approximate surface area is 110 Å². The Morgan fingerprint density at radius 1 is 1.56 bits per heavy atom. The van der Waals surface area contributed by atoms with Gasteiger partial charge in [-0.2, -0.15) is 0 Å². The maximum atomic E-state index is 9.70. The van der Waals surface area contributed by atoms with E-state index in [1.165, 1.54) is 0 Å². The number of rotatable bonds is 8. The number of nitrogens with one attached hydrogen (secondary N) is 1. The third kappa shape index (κ3) is 5.63. The summed E-state index contributed by atoms with van der Waals surface area (Å²) in [6.45, 7) is 6.77. The topological polar surface area (TPSA) is 54.0 Å². The van der Waals surface area contributed by atoms with Crippen molar-refractivity contribution in [2.75, 3.05) is 53.6 Å². The molecule has 0 saturated carbocycles. The van der Waals surface area contributed by atoms with Gasteiger partial charge in [0, 0.05) is 38.8 Å². The second kappa shape index (κ2) is 8.82. The van der Waals surface area contributed by atoms with Gasteiger partial charge in [0.1, 0.15) is 0 Å². The van der Waals surface area contributed by atoms with Crippen LogP contribution in [0.4, 0.5) is 0 Å². The van der Waals surface area contributed by atoms with E-state index in [9.17, 15) is 5.11 Å². The summed E-state index contributed by atoms with van der Waals surface area (Å²) in [6, 6.07) is 0.533. The molecule has 0 aliphatic carbocycles. The monoisotopic (exact) mass is 260 g/mol. The van der Waals surface area contributed by atoms with E-state index in [-0.39, 0.29) is 0 Å². The van der Waals surface area contributed by atoms with Crippen LogP contribution in [0.15, 0.2) is 0 Å². The number of nitrogens with zero attached hydrogens (tertiary/aromatic N) is 1. The highest BCUT2D eigenvalue weighted by Crippen LogP contribution is 2.16. The Morgan fingerprint density at radius 2 is 2.33 bits per heavy atom. The molecule has 0 bridgehead atoms. The first-order valence-electron chi connectivity index (χ1n) is 6.84. The lowest BCUT2D eigenvalue weighted by molar-refractivity contribution is 0.00520. The minimum Gasteiger partial charge on any atom is -0.389 e. The molecule has 1 rings (SSSR count). The molecule has 1 fully saturated rings. The van der Waals surface area contributed by atoms with Crippen LogP contribution in [-0.4, -0.2) is 75.8 Å². The summed E-state index contributed by atoms with van der Waals surface area (Å²) >= 11 is 0. The molecule has 108 valence electrons.